The van der Waals surface area contributed by atoms with Crippen LogP contribution in [0.25, 0.3) is 10.9 Å². The first-order valence-electron chi connectivity index (χ1n) is 8.20. The van der Waals surface area contributed by atoms with Crippen LogP contribution in [0.5, 0.6) is 0 Å². The minimum absolute atomic E-state index is 0.0636. The molecule has 1 atom stereocenters. The van der Waals surface area contributed by atoms with Crippen LogP contribution in [0.15, 0.2) is 24.3 Å². The number of hydrogen-bond acceptors (Lipinski definition) is 3. The van der Waals surface area contributed by atoms with Crippen molar-refractivity contribution in [2.24, 2.45) is 0 Å². The lowest BCUT2D eigenvalue weighted by Gasteiger charge is -2.14. The standard InChI is InChI=1S/C18H22ClN3O/c1-3-20-11(2)10-21-18(23)15-9-17(12-4-5-12)22-16-7-6-13(19)8-14(15)16/h6-9,11-12,20H,3-5,10H2,1-2H3,(H,21,23)/t11-/m1/s1. The van der Waals surface area contributed by atoms with Crippen LogP contribution in [0.3, 0.4) is 0 Å². The minimum atomic E-state index is -0.0636. The summed E-state index contributed by atoms with van der Waals surface area (Å²) in [5.41, 5.74) is 2.52. The predicted molar refractivity (Wildman–Crippen MR) is 94.2 cm³/mol. The Labute approximate surface area is 141 Å². The van der Waals surface area contributed by atoms with Gasteiger partial charge in [0, 0.05) is 34.6 Å². The highest BCUT2D eigenvalue weighted by atomic mass is 35.5. The van der Waals surface area contributed by atoms with Gasteiger partial charge in [-0.3, -0.25) is 9.78 Å². The SMILES string of the molecule is CCN[C@H](C)CNC(=O)c1cc(C2CC2)nc2ccc(Cl)cc12. The molecule has 2 aromatic rings. The highest BCUT2D eigenvalue weighted by Gasteiger charge is 2.27. The molecule has 0 unspecified atom stereocenters. The molecule has 0 radical (unpaired) electrons. The number of carbonyl (C=O) groups excluding carboxylic acids is 1. The summed E-state index contributed by atoms with van der Waals surface area (Å²) in [7, 11) is 0. The number of aromatic nitrogens is 1. The van der Waals surface area contributed by atoms with E-state index in [1.807, 2.05) is 24.3 Å². The first-order valence-corrected chi connectivity index (χ1v) is 8.58. The smallest absolute Gasteiger partial charge is 0.252 e. The molecular formula is C18H22ClN3O. The van der Waals surface area contributed by atoms with E-state index in [4.69, 9.17) is 16.6 Å². The Morgan fingerprint density at radius 1 is 1.39 bits per heavy atom. The third-order valence-corrected chi connectivity index (χ3v) is 4.39. The Morgan fingerprint density at radius 2 is 2.17 bits per heavy atom. The van der Waals surface area contributed by atoms with Crippen molar-refractivity contribution in [3.63, 3.8) is 0 Å². The maximum absolute atomic E-state index is 12.7. The zero-order chi connectivity index (χ0) is 16.4. The van der Waals surface area contributed by atoms with E-state index in [1.165, 1.54) is 0 Å². The molecular weight excluding hydrogens is 310 g/mol. The average Bonchev–Trinajstić information content (AvgIpc) is 3.37. The van der Waals surface area contributed by atoms with Gasteiger partial charge in [-0.25, -0.2) is 0 Å². The number of halogens is 1. The molecule has 122 valence electrons. The van der Waals surface area contributed by atoms with E-state index >= 15 is 0 Å². The van der Waals surface area contributed by atoms with Crippen LogP contribution in [0, 0.1) is 0 Å². The van der Waals surface area contributed by atoms with Crippen molar-refractivity contribution in [2.75, 3.05) is 13.1 Å². The molecule has 0 saturated heterocycles. The van der Waals surface area contributed by atoms with Gasteiger partial charge < -0.3 is 10.6 Å². The lowest BCUT2D eigenvalue weighted by Crippen LogP contribution is -2.38. The Morgan fingerprint density at radius 3 is 2.87 bits per heavy atom. The zero-order valence-corrected chi connectivity index (χ0v) is 14.3. The van der Waals surface area contributed by atoms with Gasteiger partial charge in [0.15, 0.2) is 0 Å². The van der Waals surface area contributed by atoms with Gasteiger partial charge in [0.05, 0.1) is 11.1 Å². The van der Waals surface area contributed by atoms with E-state index in [1.54, 1.807) is 0 Å². The quantitative estimate of drug-likeness (QED) is 0.852. The lowest BCUT2D eigenvalue weighted by atomic mass is 10.1. The summed E-state index contributed by atoms with van der Waals surface area (Å²) in [6.07, 6.45) is 2.31. The molecule has 1 aromatic carbocycles. The van der Waals surface area contributed by atoms with Gasteiger partial charge in [-0.1, -0.05) is 18.5 Å². The van der Waals surface area contributed by atoms with Gasteiger partial charge in [0.1, 0.15) is 0 Å². The second kappa shape index (κ2) is 6.85. The van der Waals surface area contributed by atoms with E-state index in [9.17, 15) is 4.79 Å². The molecule has 1 heterocycles. The normalized spacial score (nSPS) is 15.6. The molecule has 1 saturated carbocycles. The lowest BCUT2D eigenvalue weighted by molar-refractivity contribution is 0.0951. The molecule has 1 amide bonds. The second-order valence-corrected chi connectivity index (χ2v) is 6.64. The highest BCUT2D eigenvalue weighted by Crippen LogP contribution is 2.40. The van der Waals surface area contributed by atoms with Gasteiger partial charge in [0.2, 0.25) is 0 Å². The molecule has 3 rings (SSSR count). The molecule has 0 spiro atoms. The molecule has 1 aliphatic carbocycles. The predicted octanol–water partition coefficient (Wildman–Crippen LogP) is 3.49. The third-order valence-electron chi connectivity index (χ3n) is 4.15. The molecule has 1 aliphatic rings. The summed E-state index contributed by atoms with van der Waals surface area (Å²) in [6.45, 7) is 5.59. The second-order valence-electron chi connectivity index (χ2n) is 6.20. The summed E-state index contributed by atoms with van der Waals surface area (Å²) in [5.74, 6) is 0.439. The monoisotopic (exact) mass is 331 g/mol. The van der Waals surface area contributed by atoms with Gasteiger partial charge in [-0.2, -0.15) is 0 Å². The molecule has 1 fully saturated rings. The third kappa shape index (κ3) is 3.82. The molecule has 1 aromatic heterocycles. The number of pyridine rings is 1. The van der Waals surface area contributed by atoms with Crippen molar-refractivity contribution in [2.45, 2.75) is 38.6 Å². The fraction of sp³-hybridized carbons (Fsp3) is 0.444. The van der Waals surface area contributed by atoms with Crippen molar-refractivity contribution in [1.82, 2.24) is 15.6 Å². The topological polar surface area (TPSA) is 54.0 Å². The number of fused-ring (bicyclic) bond motifs is 1. The maximum atomic E-state index is 12.7. The van der Waals surface area contributed by atoms with Crippen molar-refractivity contribution in [1.29, 1.82) is 0 Å². The largest absolute Gasteiger partial charge is 0.350 e. The van der Waals surface area contributed by atoms with E-state index in [-0.39, 0.29) is 11.9 Å². The number of rotatable bonds is 6. The summed E-state index contributed by atoms with van der Waals surface area (Å²) in [6, 6.07) is 7.71. The van der Waals surface area contributed by atoms with Crippen molar-refractivity contribution in [3.8, 4) is 0 Å². The molecule has 2 N–H and O–H groups in total. The fourth-order valence-electron chi connectivity index (χ4n) is 2.76. The van der Waals surface area contributed by atoms with Crippen LogP contribution >= 0.6 is 11.6 Å². The van der Waals surface area contributed by atoms with E-state index in [2.05, 4.69) is 24.5 Å². The van der Waals surface area contributed by atoms with Crippen molar-refractivity contribution >= 4 is 28.4 Å². The van der Waals surface area contributed by atoms with Crippen LogP contribution in [0.4, 0.5) is 0 Å². The van der Waals surface area contributed by atoms with Crippen LogP contribution < -0.4 is 10.6 Å². The summed E-state index contributed by atoms with van der Waals surface area (Å²) < 4.78 is 0. The number of amides is 1. The number of hydrogen-bond donors (Lipinski definition) is 2. The Hall–Kier alpha value is -1.65. The summed E-state index contributed by atoms with van der Waals surface area (Å²) in [5, 5.41) is 7.73. The van der Waals surface area contributed by atoms with Gasteiger partial charge in [-0.05, 0) is 50.6 Å². The van der Waals surface area contributed by atoms with Gasteiger partial charge in [-0.15, -0.1) is 0 Å². The number of nitrogens with one attached hydrogen (secondary N) is 2. The first-order chi connectivity index (χ1) is 11.1. The first kappa shape index (κ1) is 16.2. The van der Waals surface area contributed by atoms with Crippen LogP contribution in [0.1, 0.15) is 48.7 Å². The number of benzene rings is 1. The summed E-state index contributed by atoms with van der Waals surface area (Å²) in [4.78, 5) is 17.4. The number of carbonyl (C=O) groups is 1. The van der Waals surface area contributed by atoms with Crippen LogP contribution in [0.2, 0.25) is 5.02 Å². The van der Waals surface area contributed by atoms with Gasteiger partial charge in [0.25, 0.3) is 5.91 Å². The molecule has 4 nitrogen and oxygen atoms in total. The Balaban J connectivity index is 1.90. The average molecular weight is 332 g/mol. The number of likely N-dealkylation sites (N-methyl/N-ethyl adjacent to an activating group) is 1. The Bertz CT molecular complexity index is 728. The van der Waals surface area contributed by atoms with Crippen LogP contribution in [-0.4, -0.2) is 30.0 Å². The molecule has 0 bridgehead atoms. The molecule has 0 aliphatic heterocycles. The number of nitrogens with zero attached hydrogens (tertiary/aromatic N) is 1. The van der Waals surface area contributed by atoms with Gasteiger partial charge >= 0.3 is 0 Å². The maximum Gasteiger partial charge on any atom is 0.252 e. The Kier molecular flexibility index (Phi) is 4.83. The zero-order valence-electron chi connectivity index (χ0n) is 13.5. The van der Waals surface area contributed by atoms with Crippen molar-refractivity contribution < 1.29 is 4.79 Å². The van der Waals surface area contributed by atoms with Crippen molar-refractivity contribution in [3.05, 3.63) is 40.5 Å². The summed E-state index contributed by atoms with van der Waals surface area (Å²) >= 11 is 6.11. The van der Waals surface area contributed by atoms with Crippen LogP contribution in [-0.2, 0) is 0 Å². The minimum Gasteiger partial charge on any atom is -0.350 e. The van der Waals surface area contributed by atoms with E-state index < -0.39 is 0 Å². The van der Waals surface area contributed by atoms with E-state index in [0.29, 0.717) is 23.0 Å². The molecule has 5 heteroatoms. The highest BCUT2D eigenvalue weighted by molar-refractivity contribution is 6.31. The van der Waals surface area contributed by atoms with E-state index in [0.717, 1.165) is 36.0 Å². The molecule has 23 heavy (non-hydrogen) atoms. The fourth-order valence-corrected chi connectivity index (χ4v) is 2.93.